The summed E-state index contributed by atoms with van der Waals surface area (Å²) in [5.41, 5.74) is 0.946. The minimum atomic E-state index is -2.67. The molecule has 0 bridgehead atoms. The normalized spacial score (nSPS) is 12.2. The van der Waals surface area contributed by atoms with E-state index in [4.69, 9.17) is 5.26 Å². The number of alkyl halides is 2. The number of likely N-dealkylation sites (N-methyl/N-ethyl adjacent to an activating group) is 1. The first-order valence-electron chi connectivity index (χ1n) is 7.23. The number of amides is 1. The maximum Gasteiger partial charge on any atom is 0.319 e. The van der Waals surface area contributed by atoms with E-state index in [2.05, 4.69) is 10.3 Å². The van der Waals surface area contributed by atoms with Crippen LogP contribution < -0.4 is 5.32 Å². The lowest BCUT2D eigenvalue weighted by molar-refractivity contribution is -0.120. The van der Waals surface area contributed by atoms with Gasteiger partial charge in [-0.2, -0.15) is 14.0 Å². The number of aromatic nitrogens is 2. The highest BCUT2D eigenvalue weighted by Gasteiger charge is 2.21. The average Bonchev–Trinajstić information content (AvgIpc) is 3.02. The standard InChI is InChI=1S/C16H17F2N5O/c1-11(15(24)21-13-5-3-4-12(8-13)9-19)22(2)10-14-20-6-7-23(14)16(17)18/h3-8,11,16H,10H2,1-2H3,(H,21,24)/t11-/m1/s1. The van der Waals surface area contributed by atoms with Crippen LogP contribution in [0.5, 0.6) is 0 Å². The molecule has 0 spiro atoms. The highest BCUT2D eigenvalue weighted by atomic mass is 19.3. The summed E-state index contributed by atoms with van der Waals surface area (Å²) < 4.78 is 26.4. The molecule has 1 aromatic carbocycles. The number of nitriles is 1. The molecule has 0 aliphatic carbocycles. The SMILES string of the molecule is C[C@H](C(=O)Nc1cccc(C#N)c1)N(C)Cc1nccn1C(F)F. The van der Waals surface area contributed by atoms with Gasteiger partial charge in [0.05, 0.1) is 24.2 Å². The summed E-state index contributed by atoms with van der Waals surface area (Å²) in [6.07, 6.45) is 2.50. The summed E-state index contributed by atoms with van der Waals surface area (Å²) in [5.74, 6) is -0.124. The van der Waals surface area contributed by atoms with Crippen LogP contribution in [-0.2, 0) is 11.3 Å². The van der Waals surface area contributed by atoms with Crippen molar-refractivity contribution >= 4 is 11.6 Å². The van der Waals surface area contributed by atoms with Crippen molar-refractivity contribution in [1.29, 1.82) is 5.26 Å². The van der Waals surface area contributed by atoms with E-state index in [0.29, 0.717) is 11.3 Å². The molecule has 0 saturated heterocycles. The second-order valence-corrected chi connectivity index (χ2v) is 5.30. The second-order valence-electron chi connectivity index (χ2n) is 5.30. The highest BCUT2D eigenvalue weighted by Crippen LogP contribution is 2.15. The Morgan fingerprint density at radius 2 is 2.25 bits per heavy atom. The molecule has 8 heteroatoms. The summed E-state index contributed by atoms with van der Waals surface area (Å²) in [6, 6.07) is 7.97. The van der Waals surface area contributed by atoms with Crippen molar-refractivity contribution in [2.24, 2.45) is 0 Å². The Morgan fingerprint density at radius 1 is 1.50 bits per heavy atom. The molecule has 2 rings (SSSR count). The summed E-state index contributed by atoms with van der Waals surface area (Å²) in [6.45, 7) is -0.905. The molecule has 0 unspecified atom stereocenters. The molecule has 1 amide bonds. The largest absolute Gasteiger partial charge is 0.325 e. The topological polar surface area (TPSA) is 74.0 Å². The lowest BCUT2D eigenvalue weighted by Crippen LogP contribution is -2.39. The molecule has 0 radical (unpaired) electrons. The Kier molecular flexibility index (Phi) is 5.60. The minimum Gasteiger partial charge on any atom is -0.325 e. The summed E-state index contributed by atoms with van der Waals surface area (Å²) in [4.78, 5) is 17.8. The molecule has 0 aliphatic heterocycles. The lowest BCUT2D eigenvalue weighted by Gasteiger charge is -2.23. The quantitative estimate of drug-likeness (QED) is 0.882. The number of carbonyl (C=O) groups excluding carboxylic acids is 1. The Bertz CT molecular complexity index is 753. The van der Waals surface area contributed by atoms with E-state index in [1.807, 2.05) is 6.07 Å². The number of rotatable bonds is 6. The molecule has 0 saturated carbocycles. The third-order valence-corrected chi connectivity index (χ3v) is 3.65. The fraction of sp³-hybridized carbons (Fsp3) is 0.312. The third-order valence-electron chi connectivity index (χ3n) is 3.65. The monoisotopic (exact) mass is 333 g/mol. The number of halogens is 2. The van der Waals surface area contributed by atoms with Crippen LogP contribution in [0, 0.1) is 11.3 Å². The fourth-order valence-electron chi connectivity index (χ4n) is 2.12. The number of anilines is 1. The zero-order valence-corrected chi connectivity index (χ0v) is 13.3. The Morgan fingerprint density at radius 3 is 2.92 bits per heavy atom. The molecule has 1 atom stereocenters. The minimum absolute atomic E-state index is 0.101. The van der Waals surface area contributed by atoms with E-state index in [1.54, 1.807) is 43.1 Å². The van der Waals surface area contributed by atoms with Crippen LogP contribution in [0.25, 0.3) is 0 Å². The molecule has 1 aromatic heterocycles. The zero-order valence-electron chi connectivity index (χ0n) is 13.3. The van der Waals surface area contributed by atoms with Gasteiger partial charge in [-0.25, -0.2) is 4.98 Å². The lowest BCUT2D eigenvalue weighted by atomic mass is 10.2. The van der Waals surface area contributed by atoms with Crippen LogP contribution in [0.1, 0.15) is 24.9 Å². The van der Waals surface area contributed by atoms with Crippen molar-refractivity contribution in [1.82, 2.24) is 14.5 Å². The summed E-state index contributed by atoms with van der Waals surface area (Å²) in [5, 5.41) is 11.6. The number of carbonyl (C=O) groups is 1. The molecule has 1 heterocycles. The van der Waals surface area contributed by atoms with Gasteiger partial charge in [0.15, 0.2) is 0 Å². The van der Waals surface area contributed by atoms with Crippen molar-refractivity contribution in [2.75, 3.05) is 12.4 Å². The van der Waals surface area contributed by atoms with Gasteiger partial charge in [0.1, 0.15) is 5.82 Å². The van der Waals surface area contributed by atoms with Gasteiger partial charge in [-0.1, -0.05) is 6.07 Å². The molecule has 6 nitrogen and oxygen atoms in total. The summed E-state index contributed by atoms with van der Waals surface area (Å²) >= 11 is 0. The van der Waals surface area contributed by atoms with Gasteiger partial charge >= 0.3 is 6.55 Å². The Labute approximate surface area is 138 Å². The maximum atomic E-state index is 12.8. The van der Waals surface area contributed by atoms with Gasteiger partial charge in [0, 0.05) is 18.1 Å². The number of hydrogen-bond donors (Lipinski definition) is 1. The maximum absolute atomic E-state index is 12.8. The predicted octanol–water partition coefficient (Wildman–Crippen LogP) is 2.61. The van der Waals surface area contributed by atoms with E-state index in [-0.39, 0.29) is 18.3 Å². The molecule has 1 N–H and O–H groups in total. The number of hydrogen-bond acceptors (Lipinski definition) is 4. The van der Waals surface area contributed by atoms with Gasteiger partial charge in [0.25, 0.3) is 0 Å². The third kappa shape index (κ3) is 4.14. The number of nitrogens with zero attached hydrogens (tertiary/aromatic N) is 4. The first kappa shape index (κ1) is 17.6. The van der Waals surface area contributed by atoms with Crippen molar-refractivity contribution in [3.05, 3.63) is 48.0 Å². The van der Waals surface area contributed by atoms with Crippen LogP contribution in [0.2, 0.25) is 0 Å². The van der Waals surface area contributed by atoms with Crippen molar-refractivity contribution in [3.8, 4) is 6.07 Å². The Balaban J connectivity index is 2.01. The first-order chi connectivity index (χ1) is 11.4. The van der Waals surface area contributed by atoms with E-state index >= 15 is 0 Å². The molecule has 24 heavy (non-hydrogen) atoms. The number of benzene rings is 1. The predicted molar refractivity (Wildman–Crippen MR) is 84.2 cm³/mol. The van der Waals surface area contributed by atoms with Crippen LogP contribution >= 0.6 is 0 Å². The Hall–Kier alpha value is -2.79. The smallest absolute Gasteiger partial charge is 0.319 e. The molecule has 0 fully saturated rings. The van der Waals surface area contributed by atoms with Crippen molar-refractivity contribution < 1.29 is 13.6 Å². The first-order valence-corrected chi connectivity index (χ1v) is 7.23. The molecule has 2 aromatic rings. The number of nitrogens with one attached hydrogen (secondary N) is 1. The highest BCUT2D eigenvalue weighted by molar-refractivity contribution is 5.94. The van der Waals surface area contributed by atoms with Crippen LogP contribution in [0.4, 0.5) is 14.5 Å². The zero-order chi connectivity index (χ0) is 17.7. The second kappa shape index (κ2) is 7.66. The fourth-order valence-corrected chi connectivity index (χ4v) is 2.12. The van der Waals surface area contributed by atoms with Crippen LogP contribution in [0.3, 0.4) is 0 Å². The van der Waals surface area contributed by atoms with Gasteiger partial charge in [-0.15, -0.1) is 0 Å². The van der Waals surface area contributed by atoms with Crippen LogP contribution in [-0.4, -0.2) is 33.4 Å². The number of imidazole rings is 1. The van der Waals surface area contributed by atoms with Gasteiger partial charge in [-0.3, -0.25) is 14.3 Å². The van der Waals surface area contributed by atoms with E-state index in [9.17, 15) is 13.6 Å². The van der Waals surface area contributed by atoms with E-state index in [0.717, 1.165) is 4.57 Å². The summed E-state index contributed by atoms with van der Waals surface area (Å²) in [7, 11) is 1.65. The molecular formula is C16H17F2N5O. The van der Waals surface area contributed by atoms with Gasteiger partial charge in [0.2, 0.25) is 5.91 Å². The average molecular weight is 333 g/mol. The van der Waals surface area contributed by atoms with Crippen LogP contribution in [0.15, 0.2) is 36.7 Å². The van der Waals surface area contributed by atoms with Crippen molar-refractivity contribution in [3.63, 3.8) is 0 Å². The van der Waals surface area contributed by atoms with Crippen molar-refractivity contribution in [2.45, 2.75) is 26.1 Å². The molecule has 0 aliphatic rings. The van der Waals surface area contributed by atoms with Gasteiger partial charge < -0.3 is 5.32 Å². The van der Waals surface area contributed by atoms with Gasteiger partial charge in [-0.05, 0) is 32.2 Å². The molecule has 126 valence electrons. The molecular weight excluding hydrogens is 316 g/mol. The van der Waals surface area contributed by atoms with E-state index in [1.165, 1.54) is 12.4 Å². The van der Waals surface area contributed by atoms with E-state index < -0.39 is 12.6 Å².